The Balaban J connectivity index is 1.86. The average molecular weight is 278 g/mol. The Morgan fingerprint density at radius 3 is 2.79 bits per heavy atom. The summed E-state index contributed by atoms with van der Waals surface area (Å²) in [5, 5.41) is 3.25. The summed E-state index contributed by atoms with van der Waals surface area (Å²) < 4.78 is 0. The molecule has 1 aromatic rings. The van der Waals surface area contributed by atoms with Gasteiger partial charge in [-0.05, 0) is 26.2 Å². The molecule has 0 aliphatic carbocycles. The molecule has 1 fully saturated rings. The van der Waals surface area contributed by atoms with Crippen LogP contribution in [0.2, 0.25) is 0 Å². The Morgan fingerprint density at radius 2 is 2.26 bits per heavy atom. The van der Waals surface area contributed by atoms with Gasteiger partial charge in [0.15, 0.2) is 0 Å². The van der Waals surface area contributed by atoms with Crippen LogP contribution in [-0.4, -0.2) is 28.9 Å². The molecule has 0 unspecified atom stereocenters. The molecule has 1 aromatic heterocycles. The monoisotopic (exact) mass is 278 g/mol. The van der Waals surface area contributed by atoms with E-state index in [-0.39, 0.29) is 11.8 Å². The van der Waals surface area contributed by atoms with Gasteiger partial charge in [0.25, 0.3) is 0 Å². The number of rotatable bonds is 4. The third-order valence-electron chi connectivity index (χ3n) is 3.68. The second-order valence-corrected chi connectivity index (χ2v) is 6.46. The molecule has 0 aromatic carbocycles. The Labute approximate surface area is 119 Å². The van der Waals surface area contributed by atoms with Gasteiger partial charge in [-0.2, -0.15) is 0 Å². The molecule has 0 N–H and O–H groups in total. The molecule has 0 saturated carbocycles. The third kappa shape index (κ3) is 3.66. The lowest BCUT2D eigenvalue weighted by Crippen LogP contribution is -2.40. The molecule has 2 heterocycles. The molecular formula is C15H22N2OS. The summed E-state index contributed by atoms with van der Waals surface area (Å²) in [5.74, 6) is 0.884. The highest BCUT2D eigenvalue weighted by Gasteiger charge is 2.27. The van der Waals surface area contributed by atoms with Crippen LogP contribution in [0.5, 0.6) is 0 Å². The van der Waals surface area contributed by atoms with E-state index in [1.807, 2.05) is 30.3 Å². The number of piperidine rings is 1. The highest BCUT2D eigenvalue weighted by atomic mass is 32.1. The molecule has 3 nitrogen and oxygen atoms in total. The Hall–Kier alpha value is -1.16. The molecule has 1 amide bonds. The lowest BCUT2D eigenvalue weighted by atomic mass is 9.95. The van der Waals surface area contributed by atoms with E-state index in [0.29, 0.717) is 5.92 Å². The van der Waals surface area contributed by atoms with Crippen LogP contribution >= 0.6 is 11.3 Å². The zero-order valence-corrected chi connectivity index (χ0v) is 12.6. The van der Waals surface area contributed by atoms with Crippen molar-refractivity contribution >= 4 is 17.2 Å². The van der Waals surface area contributed by atoms with Crippen molar-refractivity contribution < 1.29 is 4.79 Å². The lowest BCUT2D eigenvalue weighted by Gasteiger charge is -2.33. The van der Waals surface area contributed by atoms with Crippen LogP contribution in [0.25, 0.3) is 0 Å². The number of amides is 1. The smallest absolute Gasteiger partial charge is 0.225 e. The van der Waals surface area contributed by atoms with Crippen molar-refractivity contribution in [1.82, 2.24) is 9.88 Å². The van der Waals surface area contributed by atoms with Gasteiger partial charge in [-0.1, -0.05) is 12.5 Å². The van der Waals surface area contributed by atoms with Gasteiger partial charge in [-0.25, -0.2) is 4.98 Å². The summed E-state index contributed by atoms with van der Waals surface area (Å²) in [6.45, 7) is 9.61. The number of hydrogen-bond acceptors (Lipinski definition) is 3. The van der Waals surface area contributed by atoms with E-state index in [2.05, 4.69) is 11.6 Å². The highest BCUT2D eigenvalue weighted by molar-refractivity contribution is 7.09. The van der Waals surface area contributed by atoms with Crippen molar-refractivity contribution in [3.05, 3.63) is 28.7 Å². The van der Waals surface area contributed by atoms with E-state index in [4.69, 9.17) is 0 Å². The van der Waals surface area contributed by atoms with Crippen molar-refractivity contribution in [1.29, 1.82) is 0 Å². The predicted molar refractivity (Wildman–Crippen MR) is 79.3 cm³/mol. The predicted octanol–water partition coefficient (Wildman–Crippen LogP) is 3.45. The van der Waals surface area contributed by atoms with Crippen LogP contribution in [0.3, 0.4) is 0 Å². The summed E-state index contributed by atoms with van der Waals surface area (Å²) in [7, 11) is 0. The van der Waals surface area contributed by atoms with Gasteiger partial charge in [-0.15, -0.1) is 17.9 Å². The average Bonchev–Trinajstić information content (AvgIpc) is 2.91. The number of allylic oxidation sites excluding steroid dienone is 1. The fraction of sp³-hybridized carbons (Fsp3) is 0.600. The lowest BCUT2D eigenvalue weighted by molar-refractivity contribution is -0.136. The minimum Gasteiger partial charge on any atom is -0.342 e. The molecule has 0 spiro atoms. The zero-order valence-electron chi connectivity index (χ0n) is 11.8. The van der Waals surface area contributed by atoms with Crippen LogP contribution in [0.4, 0.5) is 0 Å². The van der Waals surface area contributed by atoms with Crippen LogP contribution in [0.15, 0.2) is 23.7 Å². The van der Waals surface area contributed by atoms with Crippen LogP contribution < -0.4 is 0 Å². The Morgan fingerprint density at radius 1 is 1.58 bits per heavy atom. The first-order chi connectivity index (χ1) is 9.08. The molecule has 1 atom stereocenters. The molecule has 0 bridgehead atoms. The van der Waals surface area contributed by atoms with Gasteiger partial charge < -0.3 is 4.90 Å². The van der Waals surface area contributed by atoms with E-state index in [0.717, 1.165) is 37.9 Å². The maximum absolute atomic E-state index is 12.3. The summed E-state index contributed by atoms with van der Waals surface area (Å²) in [5.41, 5.74) is 1.08. The standard InChI is InChI=1S/C15H22N2OS/c1-11(2)10-12(3)15(18)17-7-4-13(5-8-17)14-16-6-9-19-14/h6,9,12-13H,1,4-5,7-8,10H2,2-3H3/t12-/m0/s1. The number of hydrogen-bond donors (Lipinski definition) is 0. The molecule has 1 aliphatic rings. The molecule has 2 rings (SSSR count). The van der Waals surface area contributed by atoms with Gasteiger partial charge in [-0.3, -0.25) is 4.79 Å². The fourth-order valence-electron chi connectivity index (χ4n) is 2.70. The quantitative estimate of drug-likeness (QED) is 0.790. The SMILES string of the molecule is C=C(C)C[C@H](C)C(=O)N1CCC(c2nccs2)CC1. The van der Waals surface area contributed by atoms with E-state index < -0.39 is 0 Å². The Kier molecular flexibility index (Phi) is 4.75. The van der Waals surface area contributed by atoms with Crippen LogP contribution in [0.1, 0.15) is 44.0 Å². The molecule has 1 saturated heterocycles. The van der Waals surface area contributed by atoms with Crippen molar-refractivity contribution in [2.45, 2.75) is 39.0 Å². The summed E-state index contributed by atoms with van der Waals surface area (Å²) in [6, 6.07) is 0. The normalized spacial score (nSPS) is 18.3. The van der Waals surface area contributed by atoms with Gasteiger partial charge >= 0.3 is 0 Å². The topological polar surface area (TPSA) is 33.2 Å². The summed E-state index contributed by atoms with van der Waals surface area (Å²) >= 11 is 1.73. The number of nitrogens with zero attached hydrogens (tertiary/aromatic N) is 2. The second kappa shape index (κ2) is 6.33. The molecular weight excluding hydrogens is 256 g/mol. The van der Waals surface area contributed by atoms with Gasteiger partial charge in [0.2, 0.25) is 5.91 Å². The maximum atomic E-state index is 12.3. The van der Waals surface area contributed by atoms with E-state index in [1.54, 1.807) is 11.3 Å². The molecule has 1 aliphatic heterocycles. The van der Waals surface area contributed by atoms with Crippen molar-refractivity contribution in [3.63, 3.8) is 0 Å². The molecule has 4 heteroatoms. The third-order valence-corrected chi connectivity index (χ3v) is 4.62. The Bertz CT molecular complexity index is 433. The minimum atomic E-state index is 0.0638. The maximum Gasteiger partial charge on any atom is 0.225 e. The van der Waals surface area contributed by atoms with Gasteiger partial charge in [0.05, 0.1) is 5.01 Å². The number of likely N-dealkylation sites (tertiary alicyclic amines) is 1. The molecule has 0 radical (unpaired) electrons. The first-order valence-corrected chi connectivity index (χ1v) is 7.78. The van der Waals surface area contributed by atoms with Crippen LogP contribution in [-0.2, 0) is 4.79 Å². The summed E-state index contributed by atoms with van der Waals surface area (Å²) in [6.07, 6.45) is 4.75. The molecule has 104 valence electrons. The van der Waals surface area contributed by atoms with E-state index in [9.17, 15) is 4.79 Å². The summed E-state index contributed by atoms with van der Waals surface area (Å²) in [4.78, 5) is 18.7. The second-order valence-electron chi connectivity index (χ2n) is 5.53. The number of thiazole rings is 1. The van der Waals surface area contributed by atoms with E-state index >= 15 is 0 Å². The largest absolute Gasteiger partial charge is 0.342 e. The number of aromatic nitrogens is 1. The highest BCUT2D eigenvalue weighted by Crippen LogP contribution is 2.30. The molecule has 19 heavy (non-hydrogen) atoms. The van der Waals surface area contributed by atoms with Crippen molar-refractivity contribution in [3.8, 4) is 0 Å². The first-order valence-electron chi connectivity index (χ1n) is 6.90. The van der Waals surface area contributed by atoms with Gasteiger partial charge in [0, 0.05) is 36.5 Å². The zero-order chi connectivity index (χ0) is 13.8. The fourth-order valence-corrected chi connectivity index (χ4v) is 3.52. The van der Waals surface area contributed by atoms with Crippen molar-refractivity contribution in [2.75, 3.05) is 13.1 Å². The van der Waals surface area contributed by atoms with Gasteiger partial charge in [0.1, 0.15) is 0 Å². The number of carbonyl (C=O) groups excluding carboxylic acids is 1. The van der Waals surface area contributed by atoms with E-state index in [1.165, 1.54) is 5.01 Å². The first kappa shape index (κ1) is 14.3. The van der Waals surface area contributed by atoms with Crippen molar-refractivity contribution in [2.24, 2.45) is 5.92 Å². The minimum absolute atomic E-state index is 0.0638. The number of carbonyl (C=O) groups is 1. The van der Waals surface area contributed by atoms with Crippen LogP contribution in [0, 0.1) is 5.92 Å².